The van der Waals surface area contributed by atoms with Crippen molar-refractivity contribution in [2.45, 2.75) is 97.4 Å². The highest BCUT2D eigenvalue weighted by molar-refractivity contribution is 5.38. The Morgan fingerprint density at radius 2 is 1.87 bits per heavy atom. The molecule has 3 rings (SSSR count). The Kier molecular flexibility index (Phi) is 7.40. The summed E-state index contributed by atoms with van der Waals surface area (Å²) in [5.74, 6) is 1.87. The van der Waals surface area contributed by atoms with E-state index in [2.05, 4.69) is 52.5 Å². The summed E-state index contributed by atoms with van der Waals surface area (Å²) in [4.78, 5) is 0. The third kappa shape index (κ3) is 5.10. The zero-order valence-corrected chi connectivity index (χ0v) is 20.3. The Morgan fingerprint density at radius 3 is 2.55 bits per heavy atom. The summed E-state index contributed by atoms with van der Waals surface area (Å²) in [7, 11) is 0. The van der Waals surface area contributed by atoms with Crippen LogP contribution in [0, 0.1) is 29.1 Å². The Hall–Kier alpha value is -1.16. The maximum atomic E-state index is 10.6. The van der Waals surface area contributed by atoms with Crippen molar-refractivity contribution in [3.8, 4) is 0 Å². The Labute approximate surface area is 189 Å². The molecule has 0 aromatic heterocycles. The molecule has 0 aliphatic heterocycles. The molecule has 3 saturated carbocycles. The summed E-state index contributed by atoms with van der Waals surface area (Å²) in [5, 5.41) is 30.8. The normalized spacial score (nSPS) is 40.0. The molecule has 0 unspecified atom stereocenters. The van der Waals surface area contributed by atoms with Crippen LogP contribution in [0.5, 0.6) is 0 Å². The van der Waals surface area contributed by atoms with Gasteiger partial charge in [0.1, 0.15) is 0 Å². The summed E-state index contributed by atoms with van der Waals surface area (Å²) in [5.41, 5.74) is 2.82. The van der Waals surface area contributed by atoms with E-state index >= 15 is 0 Å². The molecule has 31 heavy (non-hydrogen) atoms. The minimum absolute atomic E-state index is 0.201. The van der Waals surface area contributed by atoms with Crippen LogP contribution < -0.4 is 0 Å². The van der Waals surface area contributed by atoms with Crippen LogP contribution in [0.15, 0.2) is 47.6 Å². The number of fused-ring (bicyclic) bond motifs is 1. The Morgan fingerprint density at radius 1 is 1.16 bits per heavy atom. The first-order valence-corrected chi connectivity index (χ1v) is 12.3. The third-order valence-electron chi connectivity index (χ3n) is 8.84. The minimum Gasteiger partial charge on any atom is -0.393 e. The molecular weight excluding hydrogens is 384 g/mol. The predicted octanol–water partition coefficient (Wildman–Crippen LogP) is 5.73. The summed E-state index contributed by atoms with van der Waals surface area (Å²) in [6.45, 7) is 14.9. The van der Waals surface area contributed by atoms with Gasteiger partial charge in [0.2, 0.25) is 0 Å². The molecule has 174 valence electrons. The van der Waals surface area contributed by atoms with Crippen molar-refractivity contribution >= 4 is 0 Å². The lowest BCUT2D eigenvalue weighted by atomic mass is 9.61. The van der Waals surface area contributed by atoms with E-state index in [1.54, 1.807) is 0 Å². The molecule has 3 nitrogen and oxygen atoms in total. The molecule has 0 aromatic rings. The van der Waals surface area contributed by atoms with E-state index < -0.39 is 17.8 Å². The molecule has 3 fully saturated rings. The molecule has 3 heteroatoms. The van der Waals surface area contributed by atoms with Gasteiger partial charge in [0, 0.05) is 6.42 Å². The smallest absolute Gasteiger partial charge is 0.0822 e. The van der Waals surface area contributed by atoms with E-state index in [0.717, 1.165) is 17.6 Å². The van der Waals surface area contributed by atoms with Gasteiger partial charge in [0.15, 0.2) is 0 Å². The summed E-state index contributed by atoms with van der Waals surface area (Å²) in [6.07, 6.45) is 14.6. The summed E-state index contributed by atoms with van der Waals surface area (Å²) < 4.78 is 0. The number of aliphatic hydroxyl groups excluding tert-OH is 2. The number of hydrogen-bond acceptors (Lipinski definition) is 3. The van der Waals surface area contributed by atoms with Gasteiger partial charge in [-0.05, 0) is 85.7 Å². The zero-order valence-electron chi connectivity index (χ0n) is 20.3. The molecule has 3 aliphatic rings. The van der Waals surface area contributed by atoms with Crippen LogP contribution in [0.4, 0.5) is 0 Å². The number of aliphatic hydroxyl groups is 3. The molecule has 0 amide bonds. The summed E-state index contributed by atoms with van der Waals surface area (Å²) in [6, 6.07) is 0. The number of rotatable bonds is 5. The molecule has 0 spiro atoms. The molecule has 3 aliphatic carbocycles. The maximum Gasteiger partial charge on any atom is 0.0822 e. The molecule has 0 saturated heterocycles. The van der Waals surface area contributed by atoms with E-state index in [0.29, 0.717) is 36.0 Å². The van der Waals surface area contributed by atoms with Gasteiger partial charge in [-0.15, -0.1) is 0 Å². The van der Waals surface area contributed by atoms with Crippen LogP contribution in [0.3, 0.4) is 0 Å². The number of hydrogen-bond donors (Lipinski definition) is 3. The molecule has 0 aromatic carbocycles. The van der Waals surface area contributed by atoms with Gasteiger partial charge < -0.3 is 15.3 Å². The van der Waals surface area contributed by atoms with E-state index in [4.69, 9.17) is 0 Å². The van der Waals surface area contributed by atoms with Crippen LogP contribution in [-0.4, -0.2) is 33.1 Å². The lowest BCUT2D eigenvalue weighted by molar-refractivity contribution is 0.0607. The van der Waals surface area contributed by atoms with E-state index in [1.165, 1.54) is 31.3 Å². The van der Waals surface area contributed by atoms with Gasteiger partial charge in [-0.3, -0.25) is 0 Å². The monoisotopic (exact) mass is 428 g/mol. The van der Waals surface area contributed by atoms with Crippen LogP contribution in [0.1, 0.15) is 79.6 Å². The van der Waals surface area contributed by atoms with Crippen LogP contribution >= 0.6 is 0 Å². The van der Waals surface area contributed by atoms with Crippen LogP contribution in [0.25, 0.3) is 0 Å². The minimum atomic E-state index is -0.755. The largest absolute Gasteiger partial charge is 0.393 e. The van der Waals surface area contributed by atoms with Crippen molar-refractivity contribution in [2.24, 2.45) is 29.1 Å². The van der Waals surface area contributed by atoms with Gasteiger partial charge in [0.05, 0.1) is 17.8 Å². The third-order valence-corrected chi connectivity index (χ3v) is 8.84. The second kappa shape index (κ2) is 9.37. The van der Waals surface area contributed by atoms with E-state index in [1.807, 2.05) is 13.0 Å². The van der Waals surface area contributed by atoms with Crippen LogP contribution in [-0.2, 0) is 0 Å². The highest BCUT2D eigenvalue weighted by Crippen LogP contribution is 2.59. The topological polar surface area (TPSA) is 60.7 Å². The SMILES string of the molecule is C=C1/C(=C\C=C2/CCC[C@]3(C)[C@@H]([C@H](C)/C=C/[C@](C)(O)C(C)C)CC[C@@H]23)C[C@@H](O)C[C@@H]1O. The number of allylic oxidation sites excluding steroid dienone is 4. The highest BCUT2D eigenvalue weighted by atomic mass is 16.3. The Balaban J connectivity index is 1.78. The average Bonchev–Trinajstić information content (AvgIpc) is 3.05. The van der Waals surface area contributed by atoms with Crippen molar-refractivity contribution in [2.75, 3.05) is 0 Å². The second-order valence-corrected chi connectivity index (χ2v) is 11.3. The second-order valence-electron chi connectivity index (χ2n) is 11.3. The van der Waals surface area contributed by atoms with Crippen molar-refractivity contribution in [1.82, 2.24) is 0 Å². The first-order valence-electron chi connectivity index (χ1n) is 12.3. The lowest BCUT2D eigenvalue weighted by Gasteiger charge is -2.44. The predicted molar refractivity (Wildman–Crippen MR) is 128 cm³/mol. The van der Waals surface area contributed by atoms with E-state index in [9.17, 15) is 15.3 Å². The fourth-order valence-electron chi connectivity index (χ4n) is 6.28. The first-order chi connectivity index (χ1) is 14.5. The van der Waals surface area contributed by atoms with Gasteiger partial charge in [0.25, 0.3) is 0 Å². The highest BCUT2D eigenvalue weighted by Gasteiger charge is 2.50. The molecule has 3 N–H and O–H groups in total. The first kappa shape index (κ1) is 24.5. The quantitative estimate of drug-likeness (QED) is 0.490. The molecule has 0 radical (unpaired) electrons. The average molecular weight is 429 g/mol. The zero-order chi connectivity index (χ0) is 23.0. The van der Waals surface area contributed by atoms with Crippen molar-refractivity contribution in [1.29, 1.82) is 0 Å². The standard InChI is InChI=1S/C28H44O3/c1-18(2)28(6,31)15-13-19(3)24-11-12-25-21(8-7-14-27(24,25)5)9-10-22-16-23(29)17-26(30)20(22)4/h9-10,13,15,18-19,23-26,29-31H,4,7-8,11-12,14,16-17H2,1-3,5-6H3/b15-13+,21-9+,22-10-/t19-,23-,24-,25+,26+,27-,28+/m1/s1. The fraction of sp³-hybridized carbons (Fsp3) is 0.714. The van der Waals surface area contributed by atoms with Gasteiger partial charge >= 0.3 is 0 Å². The van der Waals surface area contributed by atoms with Crippen molar-refractivity contribution in [3.05, 3.63) is 47.6 Å². The lowest BCUT2D eigenvalue weighted by Crippen LogP contribution is -2.36. The molecular formula is C28H44O3. The summed E-state index contributed by atoms with van der Waals surface area (Å²) >= 11 is 0. The van der Waals surface area contributed by atoms with Crippen molar-refractivity contribution in [3.63, 3.8) is 0 Å². The van der Waals surface area contributed by atoms with Crippen LogP contribution in [0.2, 0.25) is 0 Å². The molecule has 0 bridgehead atoms. The van der Waals surface area contributed by atoms with Crippen molar-refractivity contribution < 1.29 is 15.3 Å². The fourth-order valence-corrected chi connectivity index (χ4v) is 6.28. The molecule has 0 heterocycles. The Bertz CT molecular complexity index is 756. The van der Waals surface area contributed by atoms with E-state index in [-0.39, 0.29) is 5.92 Å². The molecule has 7 atom stereocenters. The maximum absolute atomic E-state index is 10.6. The van der Waals surface area contributed by atoms with Gasteiger partial charge in [-0.2, -0.15) is 0 Å². The van der Waals surface area contributed by atoms with Gasteiger partial charge in [-0.25, -0.2) is 0 Å². The van der Waals surface area contributed by atoms with Gasteiger partial charge in [-0.1, -0.05) is 64.2 Å².